The van der Waals surface area contributed by atoms with Crippen LogP contribution in [0.15, 0.2) is 22.8 Å². The summed E-state index contributed by atoms with van der Waals surface area (Å²) in [5.41, 5.74) is 0. The summed E-state index contributed by atoms with van der Waals surface area (Å²) in [5, 5.41) is 14.4. The molecule has 3 amide bonds. The van der Waals surface area contributed by atoms with Gasteiger partial charge in [-0.2, -0.15) is 0 Å². The summed E-state index contributed by atoms with van der Waals surface area (Å²) in [5.74, 6) is -0.501. The normalized spacial score (nSPS) is 23.1. The molecule has 8 heteroatoms. The number of nitrogens with one attached hydrogen (secondary N) is 2. The van der Waals surface area contributed by atoms with Gasteiger partial charge in [0.1, 0.15) is 5.76 Å². The Bertz CT molecular complexity index is 611. The Morgan fingerprint density at radius 3 is 2.67 bits per heavy atom. The van der Waals surface area contributed by atoms with Gasteiger partial charge in [-0.25, -0.2) is 4.79 Å². The van der Waals surface area contributed by atoms with Gasteiger partial charge in [-0.3, -0.25) is 9.59 Å². The highest BCUT2D eigenvalue weighted by Crippen LogP contribution is 2.44. The molecule has 2 fully saturated rings. The first-order valence-corrected chi connectivity index (χ1v) is 8.09. The maximum absolute atomic E-state index is 12.2. The molecule has 8 nitrogen and oxygen atoms in total. The van der Waals surface area contributed by atoms with Gasteiger partial charge in [0.25, 0.3) is 0 Å². The monoisotopic (exact) mass is 335 g/mol. The molecule has 24 heavy (non-hydrogen) atoms. The fourth-order valence-electron chi connectivity index (χ4n) is 3.21. The van der Waals surface area contributed by atoms with Gasteiger partial charge in [0, 0.05) is 13.1 Å². The van der Waals surface area contributed by atoms with Crippen LogP contribution in [0.4, 0.5) is 4.79 Å². The zero-order valence-corrected chi connectivity index (χ0v) is 13.2. The molecule has 1 saturated carbocycles. The number of carboxylic acids is 1. The van der Waals surface area contributed by atoms with Crippen LogP contribution in [-0.2, 0) is 16.1 Å². The van der Waals surface area contributed by atoms with E-state index in [1.165, 1.54) is 6.26 Å². The molecule has 0 radical (unpaired) electrons. The topological polar surface area (TPSA) is 112 Å². The molecule has 3 N–H and O–H groups in total. The highest BCUT2D eigenvalue weighted by Gasteiger charge is 2.46. The van der Waals surface area contributed by atoms with Crippen LogP contribution in [-0.4, -0.2) is 47.5 Å². The first kappa shape index (κ1) is 16.4. The van der Waals surface area contributed by atoms with E-state index in [0.717, 1.165) is 12.8 Å². The molecule has 1 saturated heterocycles. The number of urea groups is 1. The second-order valence-electron chi connectivity index (χ2n) is 6.36. The van der Waals surface area contributed by atoms with Crippen LogP contribution in [0.5, 0.6) is 0 Å². The quantitative estimate of drug-likeness (QED) is 0.706. The fraction of sp³-hybridized carbons (Fsp3) is 0.562. The second kappa shape index (κ2) is 6.94. The molecule has 2 atom stereocenters. The lowest BCUT2D eigenvalue weighted by molar-refractivity contribution is -0.142. The van der Waals surface area contributed by atoms with Crippen LogP contribution in [0.3, 0.4) is 0 Å². The minimum atomic E-state index is -0.841. The zero-order valence-electron chi connectivity index (χ0n) is 13.2. The van der Waals surface area contributed by atoms with Crippen molar-refractivity contribution in [1.29, 1.82) is 0 Å². The van der Waals surface area contributed by atoms with Crippen molar-refractivity contribution in [3.8, 4) is 0 Å². The largest absolute Gasteiger partial charge is 0.481 e. The summed E-state index contributed by atoms with van der Waals surface area (Å²) in [6.07, 6.45) is 3.61. The van der Waals surface area contributed by atoms with E-state index in [9.17, 15) is 19.5 Å². The summed E-state index contributed by atoms with van der Waals surface area (Å²) in [4.78, 5) is 36.8. The van der Waals surface area contributed by atoms with Crippen LogP contribution in [0.1, 0.15) is 18.6 Å². The number of likely N-dealkylation sites (tertiary alicyclic amines) is 1. The number of hydrogen-bond donors (Lipinski definition) is 3. The number of nitrogens with zero attached hydrogens (tertiary/aromatic N) is 1. The van der Waals surface area contributed by atoms with E-state index in [4.69, 9.17) is 4.42 Å². The lowest BCUT2D eigenvalue weighted by Crippen LogP contribution is -2.43. The van der Waals surface area contributed by atoms with Crippen molar-refractivity contribution in [3.05, 3.63) is 24.2 Å². The summed E-state index contributed by atoms with van der Waals surface area (Å²) >= 11 is 0. The SMILES string of the molecule is O=C(NCC(=O)N1C[C@H](C(=O)O)[C@@H](C2CC2)C1)NCc1ccco1. The average molecular weight is 335 g/mol. The minimum absolute atomic E-state index is 0.0410. The molecule has 1 aliphatic carbocycles. The number of carbonyl (C=O) groups is 3. The maximum Gasteiger partial charge on any atom is 0.315 e. The molecule has 0 unspecified atom stereocenters. The Morgan fingerprint density at radius 1 is 1.25 bits per heavy atom. The van der Waals surface area contributed by atoms with Crippen molar-refractivity contribution in [3.63, 3.8) is 0 Å². The van der Waals surface area contributed by atoms with Crippen LogP contribution >= 0.6 is 0 Å². The first-order chi connectivity index (χ1) is 11.5. The van der Waals surface area contributed by atoms with E-state index in [1.807, 2.05) is 0 Å². The molecule has 2 heterocycles. The average Bonchev–Trinajstić information content (AvgIpc) is 3.10. The van der Waals surface area contributed by atoms with Crippen LogP contribution in [0.2, 0.25) is 0 Å². The van der Waals surface area contributed by atoms with E-state index in [2.05, 4.69) is 10.6 Å². The summed E-state index contributed by atoms with van der Waals surface area (Å²) in [7, 11) is 0. The van der Waals surface area contributed by atoms with Gasteiger partial charge in [0.2, 0.25) is 5.91 Å². The third-order valence-electron chi connectivity index (χ3n) is 4.67. The number of carbonyl (C=O) groups excluding carboxylic acids is 2. The standard InChI is InChI=1S/C16H21N3O5/c20-14(7-18-16(23)17-6-11-2-1-5-24-11)19-8-12(10-3-4-10)13(9-19)15(21)22/h1-2,5,10,12-13H,3-4,6-9H2,(H,21,22)(H2,17,18,23)/t12-,13+/m1/s1. The number of hydrogen-bond acceptors (Lipinski definition) is 4. The van der Waals surface area contributed by atoms with E-state index in [1.54, 1.807) is 17.0 Å². The van der Waals surface area contributed by atoms with E-state index >= 15 is 0 Å². The number of furan rings is 1. The van der Waals surface area contributed by atoms with Gasteiger partial charge in [-0.15, -0.1) is 0 Å². The number of rotatable bonds is 6. The number of amides is 3. The lowest BCUT2D eigenvalue weighted by atomic mass is 9.92. The molecule has 1 aliphatic heterocycles. The fourth-order valence-corrected chi connectivity index (χ4v) is 3.21. The van der Waals surface area contributed by atoms with Crippen molar-refractivity contribution < 1.29 is 23.9 Å². The molecule has 1 aromatic heterocycles. The van der Waals surface area contributed by atoms with Crippen molar-refractivity contribution >= 4 is 17.9 Å². The van der Waals surface area contributed by atoms with Gasteiger partial charge in [0.05, 0.1) is 25.3 Å². The van der Waals surface area contributed by atoms with E-state index in [-0.39, 0.29) is 31.5 Å². The Morgan fingerprint density at radius 2 is 2.04 bits per heavy atom. The third-order valence-corrected chi connectivity index (χ3v) is 4.67. The Kier molecular flexibility index (Phi) is 4.73. The highest BCUT2D eigenvalue weighted by molar-refractivity contribution is 5.85. The zero-order chi connectivity index (χ0) is 17.1. The van der Waals surface area contributed by atoms with Gasteiger partial charge < -0.3 is 25.1 Å². The van der Waals surface area contributed by atoms with Gasteiger partial charge in [-0.05, 0) is 36.8 Å². The smallest absolute Gasteiger partial charge is 0.315 e. The van der Waals surface area contributed by atoms with Crippen molar-refractivity contribution in [1.82, 2.24) is 15.5 Å². The molecule has 0 spiro atoms. The molecule has 3 rings (SSSR count). The van der Waals surface area contributed by atoms with E-state index in [0.29, 0.717) is 18.2 Å². The predicted molar refractivity (Wildman–Crippen MR) is 82.9 cm³/mol. The molecule has 130 valence electrons. The Labute approximate surface area is 139 Å². The van der Waals surface area contributed by atoms with Gasteiger partial charge in [0.15, 0.2) is 0 Å². The Hall–Kier alpha value is -2.51. The van der Waals surface area contributed by atoms with E-state index < -0.39 is 17.9 Å². The van der Waals surface area contributed by atoms with Crippen LogP contribution in [0, 0.1) is 17.8 Å². The van der Waals surface area contributed by atoms with Gasteiger partial charge >= 0.3 is 12.0 Å². The Balaban J connectivity index is 1.43. The summed E-state index contributed by atoms with van der Waals surface area (Å²) in [6.45, 7) is 0.788. The van der Waals surface area contributed by atoms with Crippen LogP contribution < -0.4 is 10.6 Å². The molecule has 0 bridgehead atoms. The van der Waals surface area contributed by atoms with Crippen molar-refractivity contribution in [2.75, 3.05) is 19.6 Å². The molecule has 1 aromatic rings. The van der Waals surface area contributed by atoms with Crippen molar-refractivity contribution in [2.45, 2.75) is 19.4 Å². The molecule has 2 aliphatic rings. The second-order valence-corrected chi connectivity index (χ2v) is 6.36. The predicted octanol–water partition coefficient (Wildman–Crippen LogP) is 0.648. The maximum atomic E-state index is 12.2. The minimum Gasteiger partial charge on any atom is -0.481 e. The number of aliphatic carboxylic acids is 1. The summed E-state index contributed by atoms with van der Waals surface area (Å²) < 4.78 is 5.09. The third kappa shape index (κ3) is 3.87. The molecular formula is C16H21N3O5. The summed E-state index contributed by atoms with van der Waals surface area (Å²) in [6, 6.07) is 2.99. The van der Waals surface area contributed by atoms with Crippen molar-refractivity contribution in [2.24, 2.45) is 17.8 Å². The lowest BCUT2D eigenvalue weighted by Gasteiger charge is -2.16. The molecular weight excluding hydrogens is 314 g/mol. The molecule has 0 aromatic carbocycles. The number of carboxylic acid groups (broad SMARTS) is 1. The highest BCUT2D eigenvalue weighted by atomic mass is 16.4. The first-order valence-electron chi connectivity index (χ1n) is 8.09. The van der Waals surface area contributed by atoms with Gasteiger partial charge in [-0.1, -0.05) is 0 Å². The van der Waals surface area contributed by atoms with Crippen LogP contribution in [0.25, 0.3) is 0 Å².